The molecule has 0 aromatic carbocycles. The monoisotopic (exact) mass is 393 g/mol. The van der Waals surface area contributed by atoms with E-state index in [1.54, 1.807) is 29.9 Å². The van der Waals surface area contributed by atoms with Crippen molar-refractivity contribution in [1.82, 2.24) is 19.5 Å². The predicted molar refractivity (Wildman–Crippen MR) is 113 cm³/mol. The molecule has 3 atom stereocenters. The Kier molecular flexibility index (Phi) is 5.36. The van der Waals surface area contributed by atoms with Crippen molar-refractivity contribution in [1.29, 1.82) is 5.26 Å². The molecule has 4 heterocycles. The van der Waals surface area contributed by atoms with Crippen molar-refractivity contribution in [3.05, 3.63) is 30.2 Å². The number of rotatable bonds is 6. The summed E-state index contributed by atoms with van der Waals surface area (Å²) in [6.07, 6.45) is 10.2. The van der Waals surface area contributed by atoms with Crippen molar-refractivity contribution in [2.75, 3.05) is 11.9 Å². The van der Waals surface area contributed by atoms with Crippen molar-refractivity contribution in [3.63, 3.8) is 0 Å². The fourth-order valence-electron chi connectivity index (χ4n) is 4.60. The molecule has 2 fully saturated rings. The second kappa shape index (κ2) is 8.09. The van der Waals surface area contributed by atoms with Gasteiger partial charge in [-0.1, -0.05) is 0 Å². The Morgan fingerprint density at radius 3 is 2.83 bits per heavy atom. The van der Waals surface area contributed by atoms with Crippen molar-refractivity contribution < 1.29 is 0 Å². The number of nitriles is 1. The number of piperidine rings is 1. The third-order valence-corrected chi connectivity index (χ3v) is 5.70. The maximum absolute atomic E-state index is 8.92. The molecule has 2 bridgehead atoms. The van der Waals surface area contributed by atoms with Crippen LogP contribution in [0.4, 0.5) is 11.6 Å². The number of fused-ring (bicyclic) bond motifs is 3. The van der Waals surface area contributed by atoms with Crippen LogP contribution < -0.4 is 16.8 Å². The van der Waals surface area contributed by atoms with E-state index in [-0.39, 0.29) is 0 Å². The van der Waals surface area contributed by atoms with Gasteiger partial charge < -0.3 is 16.8 Å². The highest BCUT2D eigenvalue weighted by Crippen LogP contribution is 2.37. The molecule has 5 N–H and O–H groups in total. The van der Waals surface area contributed by atoms with Crippen LogP contribution in [0.5, 0.6) is 0 Å². The lowest BCUT2D eigenvalue weighted by Crippen LogP contribution is -2.47. The molecule has 4 rings (SSSR count). The van der Waals surface area contributed by atoms with Crippen LogP contribution in [0.2, 0.25) is 0 Å². The van der Waals surface area contributed by atoms with E-state index in [4.69, 9.17) is 16.7 Å². The van der Waals surface area contributed by atoms with E-state index in [2.05, 4.69) is 31.4 Å². The number of aromatic nitrogens is 3. The van der Waals surface area contributed by atoms with Gasteiger partial charge in [0.1, 0.15) is 11.4 Å². The average molecular weight is 393 g/mol. The van der Waals surface area contributed by atoms with Crippen LogP contribution in [0.25, 0.3) is 5.52 Å². The van der Waals surface area contributed by atoms with E-state index < -0.39 is 0 Å². The summed E-state index contributed by atoms with van der Waals surface area (Å²) in [4.78, 5) is 11.6. The molecular weight excluding hydrogens is 366 g/mol. The largest absolute Gasteiger partial charge is 0.402 e. The van der Waals surface area contributed by atoms with Crippen LogP contribution in [0, 0.1) is 11.3 Å². The molecule has 29 heavy (non-hydrogen) atoms. The Morgan fingerprint density at radius 2 is 2.14 bits per heavy atom. The van der Waals surface area contributed by atoms with Gasteiger partial charge in [0.25, 0.3) is 0 Å². The summed E-state index contributed by atoms with van der Waals surface area (Å²) in [5.74, 6) is 1.55. The highest BCUT2D eigenvalue weighted by atomic mass is 15.3. The molecule has 2 aliphatic heterocycles. The van der Waals surface area contributed by atoms with Gasteiger partial charge in [0.15, 0.2) is 11.6 Å². The molecule has 1 unspecified atom stereocenters. The van der Waals surface area contributed by atoms with Gasteiger partial charge in [-0.25, -0.2) is 14.5 Å². The van der Waals surface area contributed by atoms with Gasteiger partial charge in [-0.2, -0.15) is 10.4 Å². The van der Waals surface area contributed by atoms with E-state index >= 15 is 0 Å². The minimum absolute atomic E-state index is 0.304. The van der Waals surface area contributed by atoms with E-state index in [0.29, 0.717) is 41.9 Å². The van der Waals surface area contributed by atoms with Gasteiger partial charge in [-0.3, -0.25) is 4.90 Å². The van der Waals surface area contributed by atoms with E-state index in [0.717, 1.165) is 30.7 Å². The highest BCUT2D eigenvalue weighted by molar-refractivity contribution is 5.93. The number of nitrogens with zero attached hydrogens (tertiary/aromatic N) is 6. The number of aliphatic imine (C=N–C) groups is 1. The Labute approximate surface area is 170 Å². The summed E-state index contributed by atoms with van der Waals surface area (Å²) in [6, 6.07) is 5.62. The Morgan fingerprint density at radius 1 is 1.38 bits per heavy atom. The average Bonchev–Trinajstić information content (AvgIpc) is 3.21. The van der Waals surface area contributed by atoms with Crippen LogP contribution >= 0.6 is 0 Å². The SMILES string of the molecule is C/C(N)=C/C(N)=Nc1cn2nccc2c(NC2C[C@H]3CC[C@@H](C2)N3CCC#N)n1. The molecule has 2 aliphatic rings. The first-order valence-corrected chi connectivity index (χ1v) is 10.0. The summed E-state index contributed by atoms with van der Waals surface area (Å²) in [7, 11) is 0. The fourth-order valence-corrected chi connectivity index (χ4v) is 4.60. The van der Waals surface area contributed by atoms with E-state index in [1.165, 1.54) is 12.8 Å². The zero-order valence-corrected chi connectivity index (χ0v) is 16.6. The summed E-state index contributed by atoms with van der Waals surface area (Å²) >= 11 is 0. The number of nitrogens with one attached hydrogen (secondary N) is 1. The van der Waals surface area contributed by atoms with E-state index in [9.17, 15) is 0 Å². The number of hydrogen-bond donors (Lipinski definition) is 3. The first-order chi connectivity index (χ1) is 14.0. The van der Waals surface area contributed by atoms with Crippen LogP contribution in [0.15, 0.2) is 35.2 Å². The quantitative estimate of drug-likeness (QED) is 0.504. The van der Waals surface area contributed by atoms with Gasteiger partial charge in [0, 0.05) is 36.8 Å². The highest BCUT2D eigenvalue weighted by Gasteiger charge is 2.40. The van der Waals surface area contributed by atoms with Gasteiger partial charge in [-0.15, -0.1) is 0 Å². The molecule has 0 spiro atoms. The number of nitrogens with two attached hydrogens (primary N) is 2. The van der Waals surface area contributed by atoms with Gasteiger partial charge in [0.05, 0.1) is 18.5 Å². The molecule has 152 valence electrons. The van der Waals surface area contributed by atoms with E-state index in [1.807, 2.05) is 6.07 Å². The van der Waals surface area contributed by atoms with Crippen LogP contribution in [-0.2, 0) is 0 Å². The topological polar surface area (TPSA) is 134 Å². The van der Waals surface area contributed by atoms with Crippen LogP contribution in [-0.4, -0.2) is 50.0 Å². The second-order valence-electron chi connectivity index (χ2n) is 7.88. The van der Waals surface area contributed by atoms with Gasteiger partial charge in [0.2, 0.25) is 0 Å². The standard InChI is InChI=1S/C20H27N9/c1-13(22)9-18(23)26-19-12-29-17(5-7-24-29)20(27-19)25-14-10-15-3-4-16(11-14)28(15)8-2-6-21/h5,7,9,12,14-16H,2-4,8,10-11,22H2,1H3,(H2,23,26)(H,25,27)/b13-9-/t14?,15-,16+. The fraction of sp³-hybridized carbons (Fsp3) is 0.500. The molecule has 0 saturated carbocycles. The van der Waals surface area contributed by atoms with Crippen LogP contribution in [0.1, 0.15) is 39.0 Å². The van der Waals surface area contributed by atoms with Crippen molar-refractivity contribution in [3.8, 4) is 6.07 Å². The third kappa shape index (κ3) is 4.17. The molecular formula is C20H27N9. The maximum Gasteiger partial charge on any atom is 0.174 e. The minimum atomic E-state index is 0.304. The number of allylic oxidation sites excluding steroid dienone is 1. The normalized spacial score (nSPS) is 25.3. The Bertz CT molecular complexity index is 965. The number of anilines is 1. The minimum Gasteiger partial charge on any atom is -0.402 e. The third-order valence-electron chi connectivity index (χ3n) is 5.70. The first-order valence-electron chi connectivity index (χ1n) is 10.0. The second-order valence-corrected chi connectivity index (χ2v) is 7.88. The van der Waals surface area contributed by atoms with Crippen LogP contribution in [0.3, 0.4) is 0 Å². The molecule has 0 aliphatic carbocycles. The zero-order valence-electron chi connectivity index (χ0n) is 16.6. The Balaban J connectivity index is 1.55. The molecule has 2 saturated heterocycles. The van der Waals surface area contributed by atoms with Crippen molar-refractivity contribution in [2.45, 2.75) is 57.2 Å². The lowest BCUT2D eigenvalue weighted by molar-refractivity contribution is 0.136. The summed E-state index contributed by atoms with van der Waals surface area (Å²) in [5.41, 5.74) is 13.1. The molecule has 2 aromatic rings. The molecule has 0 radical (unpaired) electrons. The lowest BCUT2D eigenvalue weighted by Gasteiger charge is -2.39. The van der Waals surface area contributed by atoms with Crippen molar-refractivity contribution >= 4 is 23.0 Å². The number of hydrogen-bond acceptors (Lipinski definition) is 7. The molecule has 0 amide bonds. The summed E-state index contributed by atoms with van der Waals surface area (Å²) in [6.45, 7) is 2.64. The maximum atomic E-state index is 8.92. The zero-order chi connectivity index (χ0) is 20.4. The predicted octanol–water partition coefficient (Wildman–Crippen LogP) is 1.90. The lowest BCUT2D eigenvalue weighted by atomic mass is 9.97. The van der Waals surface area contributed by atoms with Gasteiger partial charge in [-0.05, 0) is 44.7 Å². The summed E-state index contributed by atoms with van der Waals surface area (Å²) < 4.78 is 1.76. The molecule has 2 aromatic heterocycles. The molecule has 9 nitrogen and oxygen atoms in total. The number of amidine groups is 1. The molecule has 9 heteroatoms. The summed E-state index contributed by atoms with van der Waals surface area (Å²) in [5, 5.41) is 16.9. The van der Waals surface area contributed by atoms with Gasteiger partial charge >= 0.3 is 0 Å². The smallest absolute Gasteiger partial charge is 0.174 e. The Hall–Kier alpha value is -3.12. The van der Waals surface area contributed by atoms with Crippen molar-refractivity contribution in [2.24, 2.45) is 16.5 Å². The first kappa shape index (κ1) is 19.2.